The Morgan fingerprint density at radius 3 is 1.16 bits per heavy atom. The Morgan fingerprint density at radius 2 is 0.903 bits per heavy atom. The molecule has 0 amide bonds. The molecule has 0 unspecified atom stereocenters. The number of likely N-dealkylation sites (tertiary alicyclic amines) is 2. The van der Waals surface area contributed by atoms with Crippen LogP contribution in [0.5, 0.6) is 0 Å². The van der Waals surface area contributed by atoms with Crippen molar-refractivity contribution in [2.45, 2.75) is 87.5 Å². The quantitative estimate of drug-likeness (QED) is 0.402. The van der Waals surface area contributed by atoms with E-state index < -0.39 is 0 Å². The first-order valence-electron chi connectivity index (χ1n) is 13.2. The molecule has 31 heavy (non-hydrogen) atoms. The first-order chi connectivity index (χ1) is 14.8. The van der Waals surface area contributed by atoms with Gasteiger partial charge in [-0.15, -0.1) is 0 Å². The van der Waals surface area contributed by atoms with E-state index in [1.807, 2.05) is 27.7 Å². The summed E-state index contributed by atoms with van der Waals surface area (Å²) in [4.78, 5) is 5.16. The van der Waals surface area contributed by atoms with E-state index in [2.05, 4.69) is 37.5 Å². The lowest BCUT2D eigenvalue weighted by atomic mass is 9.61. The summed E-state index contributed by atoms with van der Waals surface area (Å²) in [5.74, 6) is 1.72. The van der Waals surface area contributed by atoms with Crippen LogP contribution in [0.1, 0.15) is 87.5 Å². The highest BCUT2D eigenvalue weighted by Crippen LogP contribution is 2.48. The number of hydrogen-bond acceptors (Lipinski definition) is 4. The van der Waals surface area contributed by atoms with Crippen LogP contribution in [0.2, 0.25) is 0 Å². The number of ether oxygens (including phenoxy) is 2. The van der Waals surface area contributed by atoms with Crippen LogP contribution in [-0.4, -0.2) is 76.5 Å². The van der Waals surface area contributed by atoms with E-state index in [-0.39, 0.29) is 0 Å². The van der Waals surface area contributed by atoms with Gasteiger partial charge in [-0.1, -0.05) is 55.4 Å². The van der Waals surface area contributed by atoms with Crippen LogP contribution >= 0.6 is 0 Å². The van der Waals surface area contributed by atoms with Gasteiger partial charge < -0.3 is 19.3 Å². The van der Waals surface area contributed by atoms with Crippen molar-refractivity contribution in [1.29, 1.82) is 0 Å². The fourth-order valence-electron chi connectivity index (χ4n) is 5.78. The maximum absolute atomic E-state index is 5.25. The van der Waals surface area contributed by atoms with Gasteiger partial charge in [0.1, 0.15) is 0 Å². The Bertz CT molecular complexity index is 371. The van der Waals surface area contributed by atoms with Gasteiger partial charge in [-0.25, -0.2) is 0 Å². The molecule has 2 fully saturated rings. The van der Waals surface area contributed by atoms with Gasteiger partial charge in [0.05, 0.1) is 13.2 Å². The Morgan fingerprint density at radius 1 is 0.613 bits per heavy atom. The van der Waals surface area contributed by atoms with Crippen LogP contribution in [-0.2, 0) is 9.47 Å². The zero-order valence-corrected chi connectivity index (χ0v) is 23.1. The second kappa shape index (κ2) is 16.5. The topological polar surface area (TPSA) is 24.9 Å². The van der Waals surface area contributed by atoms with Crippen molar-refractivity contribution < 1.29 is 9.47 Å². The summed E-state index contributed by atoms with van der Waals surface area (Å²) >= 11 is 0. The molecule has 2 aliphatic heterocycles. The fourth-order valence-corrected chi connectivity index (χ4v) is 5.78. The van der Waals surface area contributed by atoms with Gasteiger partial charge >= 0.3 is 0 Å². The van der Waals surface area contributed by atoms with Gasteiger partial charge in [0, 0.05) is 27.3 Å². The molecule has 2 saturated heterocycles. The second-order valence-corrected chi connectivity index (χ2v) is 10.4. The molecule has 4 heteroatoms. The number of rotatable bonds is 10. The lowest BCUT2D eigenvalue weighted by molar-refractivity contribution is 0.0140. The molecule has 188 valence electrons. The molecule has 0 saturated carbocycles. The normalized spacial score (nSPS) is 19.9. The summed E-state index contributed by atoms with van der Waals surface area (Å²) in [6.45, 7) is 27.1. The van der Waals surface area contributed by atoms with Crippen molar-refractivity contribution >= 4 is 0 Å². The molecule has 2 aliphatic rings. The lowest BCUT2D eigenvalue weighted by Crippen LogP contribution is -2.44. The predicted molar refractivity (Wildman–Crippen MR) is 137 cm³/mol. The highest BCUT2D eigenvalue weighted by Gasteiger charge is 2.40. The van der Waals surface area contributed by atoms with Crippen LogP contribution < -0.4 is 0 Å². The molecule has 2 heterocycles. The van der Waals surface area contributed by atoms with Crippen molar-refractivity contribution in [3.8, 4) is 0 Å². The lowest BCUT2D eigenvalue weighted by Gasteiger charge is -2.48. The zero-order valence-electron chi connectivity index (χ0n) is 23.1. The van der Waals surface area contributed by atoms with E-state index in [1.165, 1.54) is 58.3 Å². The Balaban J connectivity index is 0.00000212. The van der Waals surface area contributed by atoms with E-state index in [4.69, 9.17) is 9.47 Å². The third-order valence-corrected chi connectivity index (χ3v) is 7.52. The summed E-state index contributed by atoms with van der Waals surface area (Å²) in [7, 11) is 3.61. The van der Waals surface area contributed by atoms with Gasteiger partial charge in [-0.3, -0.25) is 0 Å². The molecule has 0 spiro atoms. The maximum Gasteiger partial charge on any atom is 0.0589 e. The third kappa shape index (κ3) is 11.0. The van der Waals surface area contributed by atoms with E-state index in [9.17, 15) is 0 Å². The number of methoxy groups -OCH3 is 2. The van der Waals surface area contributed by atoms with Gasteiger partial charge in [-0.2, -0.15) is 0 Å². The Hall–Kier alpha value is -0.160. The molecule has 0 atom stereocenters. The standard InChI is InChI=1S/C23H46N2O2.2C2H6/c1-22(2,20-7-11-24(12-8-20)15-17-26-5)19-23(3,4)21-9-13-25(14-10-21)16-18-27-6;2*1-2/h20-21H,7-19H2,1-6H3;2*1-2H3. The van der Waals surface area contributed by atoms with Crippen LogP contribution in [0.25, 0.3) is 0 Å². The van der Waals surface area contributed by atoms with Gasteiger partial charge in [0.25, 0.3) is 0 Å². The number of hydrogen-bond donors (Lipinski definition) is 0. The smallest absolute Gasteiger partial charge is 0.0589 e. The first-order valence-corrected chi connectivity index (χ1v) is 13.2. The summed E-state index contributed by atoms with van der Waals surface area (Å²) in [5, 5.41) is 0. The molecule has 0 aromatic carbocycles. The molecule has 0 bridgehead atoms. The van der Waals surface area contributed by atoms with Gasteiger partial charge in [0.2, 0.25) is 0 Å². The van der Waals surface area contributed by atoms with Crippen molar-refractivity contribution in [2.24, 2.45) is 22.7 Å². The predicted octanol–water partition coefficient (Wildman–Crippen LogP) is 6.20. The molecule has 0 aromatic rings. The summed E-state index contributed by atoms with van der Waals surface area (Å²) in [5.41, 5.74) is 0.869. The molecular weight excluding hydrogens is 384 g/mol. The van der Waals surface area contributed by atoms with Crippen molar-refractivity contribution in [3.05, 3.63) is 0 Å². The molecule has 0 radical (unpaired) electrons. The van der Waals surface area contributed by atoms with E-state index >= 15 is 0 Å². The average molecular weight is 443 g/mol. The maximum atomic E-state index is 5.25. The SMILES string of the molecule is CC.CC.COCCN1CCC(C(C)(C)CC(C)(C)C2CCN(CCOC)CC2)CC1. The van der Waals surface area contributed by atoms with Crippen molar-refractivity contribution in [3.63, 3.8) is 0 Å². The molecule has 0 N–H and O–H groups in total. The summed E-state index contributed by atoms with van der Waals surface area (Å²) in [6.07, 6.45) is 6.75. The van der Waals surface area contributed by atoms with Crippen LogP contribution in [0.3, 0.4) is 0 Å². The second-order valence-electron chi connectivity index (χ2n) is 10.4. The average Bonchev–Trinajstić information content (AvgIpc) is 2.79. The van der Waals surface area contributed by atoms with E-state index in [0.717, 1.165) is 38.1 Å². The Labute approximate surface area is 196 Å². The van der Waals surface area contributed by atoms with Crippen LogP contribution in [0, 0.1) is 22.7 Å². The third-order valence-electron chi connectivity index (χ3n) is 7.52. The van der Waals surface area contributed by atoms with E-state index in [1.54, 1.807) is 14.2 Å². The molecule has 2 rings (SSSR count). The highest BCUT2D eigenvalue weighted by molar-refractivity contribution is 4.92. The summed E-state index contributed by atoms with van der Waals surface area (Å²) in [6, 6.07) is 0. The van der Waals surface area contributed by atoms with Crippen molar-refractivity contribution in [2.75, 3.05) is 66.7 Å². The monoisotopic (exact) mass is 442 g/mol. The fraction of sp³-hybridized carbons (Fsp3) is 1.00. The molecule has 4 nitrogen and oxygen atoms in total. The minimum atomic E-state index is 0.435. The summed E-state index contributed by atoms with van der Waals surface area (Å²) < 4.78 is 10.5. The first kappa shape index (κ1) is 30.8. The van der Waals surface area contributed by atoms with Crippen LogP contribution in [0.15, 0.2) is 0 Å². The Kier molecular flexibility index (Phi) is 16.4. The minimum Gasteiger partial charge on any atom is -0.383 e. The van der Waals surface area contributed by atoms with Crippen LogP contribution in [0.4, 0.5) is 0 Å². The largest absolute Gasteiger partial charge is 0.383 e. The van der Waals surface area contributed by atoms with E-state index in [0.29, 0.717) is 10.8 Å². The number of nitrogens with zero attached hydrogens (tertiary/aromatic N) is 2. The van der Waals surface area contributed by atoms with Gasteiger partial charge in [0.15, 0.2) is 0 Å². The van der Waals surface area contributed by atoms with Gasteiger partial charge in [-0.05, 0) is 80.9 Å². The van der Waals surface area contributed by atoms with Crippen molar-refractivity contribution in [1.82, 2.24) is 9.80 Å². The molecular formula is C27H58N2O2. The molecule has 0 aromatic heterocycles. The minimum absolute atomic E-state index is 0.435. The highest BCUT2D eigenvalue weighted by atomic mass is 16.5. The molecule has 0 aliphatic carbocycles. The zero-order chi connectivity index (χ0) is 23.9. The number of piperidine rings is 2.